The second kappa shape index (κ2) is 15.6. The van der Waals surface area contributed by atoms with E-state index in [2.05, 4.69) is 46.9 Å². The van der Waals surface area contributed by atoms with Gasteiger partial charge in [-0.05, 0) is 37.1 Å². The van der Waals surface area contributed by atoms with E-state index in [0.717, 1.165) is 12.3 Å². The quantitative estimate of drug-likeness (QED) is 0.300. The molecule has 0 saturated carbocycles. The molecule has 158 valence electrons. The molecule has 28 heavy (non-hydrogen) atoms. The molecular formula is C24H39BrN2O. The number of hydrogen-bond acceptors (Lipinski definition) is 1. The van der Waals surface area contributed by atoms with E-state index in [0.29, 0.717) is 0 Å². The molecule has 2 rings (SSSR count). The van der Waals surface area contributed by atoms with Crippen molar-refractivity contribution < 1.29 is 26.3 Å². The van der Waals surface area contributed by atoms with E-state index in [4.69, 9.17) is 4.74 Å². The summed E-state index contributed by atoms with van der Waals surface area (Å²) < 4.78 is 9.68. The van der Waals surface area contributed by atoms with Crippen molar-refractivity contribution >= 4 is 0 Å². The van der Waals surface area contributed by atoms with Crippen LogP contribution in [0.2, 0.25) is 0 Å². The number of aromatic nitrogens is 2. The second-order valence-electron chi connectivity index (χ2n) is 7.65. The van der Waals surface area contributed by atoms with Crippen molar-refractivity contribution in [1.29, 1.82) is 0 Å². The zero-order chi connectivity index (χ0) is 19.2. The molecule has 1 aromatic carbocycles. The van der Waals surface area contributed by atoms with Gasteiger partial charge >= 0.3 is 0 Å². The minimum absolute atomic E-state index is 0. The fourth-order valence-corrected chi connectivity index (χ4v) is 3.57. The normalized spacial score (nSPS) is 10.6. The van der Waals surface area contributed by atoms with Crippen LogP contribution in [0.3, 0.4) is 0 Å². The highest BCUT2D eigenvalue weighted by molar-refractivity contribution is 5.36. The van der Waals surface area contributed by atoms with Gasteiger partial charge in [0.15, 0.2) is 0 Å². The number of hydrogen-bond donors (Lipinski definition) is 0. The molecule has 2 aromatic rings. The first kappa shape index (κ1) is 24.7. The lowest BCUT2D eigenvalue weighted by Gasteiger charge is -2.02. The number of unbranched alkanes of at least 4 members (excludes halogenated alkanes) is 11. The van der Waals surface area contributed by atoms with Gasteiger partial charge in [-0.2, -0.15) is 0 Å². The minimum Gasteiger partial charge on any atom is -1.00 e. The summed E-state index contributed by atoms with van der Waals surface area (Å²) in [4.78, 5) is 0. The number of imidazole rings is 1. The van der Waals surface area contributed by atoms with Crippen molar-refractivity contribution in [2.24, 2.45) is 0 Å². The van der Waals surface area contributed by atoms with Crippen LogP contribution in [0.1, 0.15) is 84.0 Å². The zero-order valence-corrected chi connectivity index (χ0v) is 19.5. The molecule has 0 unspecified atom stereocenters. The van der Waals surface area contributed by atoms with E-state index in [-0.39, 0.29) is 17.0 Å². The molecule has 0 N–H and O–H groups in total. The Morgan fingerprint density at radius 1 is 0.786 bits per heavy atom. The lowest BCUT2D eigenvalue weighted by molar-refractivity contribution is -0.696. The number of rotatable bonds is 15. The van der Waals surface area contributed by atoms with Crippen molar-refractivity contribution in [3.05, 3.63) is 43.0 Å². The van der Waals surface area contributed by atoms with Crippen molar-refractivity contribution in [3.8, 4) is 11.4 Å². The summed E-state index contributed by atoms with van der Waals surface area (Å²) in [5.74, 6) is 0.898. The Bertz CT molecular complexity index is 609. The highest BCUT2D eigenvalue weighted by atomic mass is 79.9. The van der Waals surface area contributed by atoms with E-state index in [1.165, 1.54) is 82.7 Å². The zero-order valence-electron chi connectivity index (χ0n) is 17.9. The third-order valence-corrected chi connectivity index (χ3v) is 5.33. The van der Waals surface area contributed by atoms with Crippen LogP contribution in [-0.4, -0.2) is 11.7 Å². The maximum absolute atomic E-state index is 5.22. The Balaban J connectivity index is 0.00000392. The number of aryl methyl sites for hydroxylation is 1. The Morgan fingerprint density at radius 3 is 1.86 bits per heavy atom. The van der Waals surface area contributed by atoms with Gasteiger partial charge < -0.3 is 21.7 Å². The molecular weight excluding hydrogens is 412 g/mol. The molecule has 1 heterocycles. The maximum Gasteiger partial charge on any atom is 0.248 e. The van der Waals surface area contributed by atoms with Crippen LogP contribution in [0.15, 0.2) is 43.0 Å². The molecule has 0 spiro atoms. The summed E-state index contributed by atoms with van der Waals surface area (Å²) in [5, 5.41) is 0. The summed E-state index contributed by atoms with van der Waals surface area (Å²) in [7, 11) is 1.70. The first-order valence-electron chi connectivity index (χ1n) is 11.0. The summed E-state index contributed by atoms with van der Waals surface area (Å²) in [6, 6.07) is 8.19. The Kier molecular flexibility index (Phi) is 13.8. The summed E-state index contributed by atoms with van der Waals surface area (Å²) >= 11 is 0. The summed E-state index contributed by atoms with van der Waals surface area (Å²) in [6.07, 6.45) is 23.3. The Morgan fingerprint density at radius 2 is 1.32 bits per heavy atom. The predicted octanol–water partition coefficient (Wildman–Crippen LogP) is 3.48. The summed E-state index contributed by atoms with van der Waals surface area (Å²) in [5.41, 5.74) is 1.17. The molecule has 0 bridgehead atoms. The number of ether oxygens (including phenoxy) is 1. The van der Waals surface area contributed by atoms with Crippen LogP contribution in [0.4, 0.5) is 0 Å². The van der Waals surface area contributed by atoms with Gasteiger partial charge in [0.1, 0.15) is 23.8 Å². The molecule has 0 saturated heterocycles. The molecule has 0 aliphatic carbocycles. The third-order valence-electron chi connectivity index (χ3n) is 5.33. The Labute approximate surface area is 182 Å². The van der Waals surface area contributed by atoms with Gasteiger partial charge in [-0.3, -0.25) is 0 Å². The van der Waals surface area contributed by atoms with Crippen LogP contribution in [0, 0.1) is 0 Å². The van der Waals surface area contributed by atoms with E-state index < -0.39 is 0 Å². The lowest BCUT2D eigenvalue weighted by atomic mass is 10.1. The van der Waals surface area contributed by atoms with Crippen molar-refractivity contribution in [2.75, 3.05) is 7.11 Å². The van der Waals surface area contributed by atoms with Crippen molar-refractivity contribution in [1.82, 2.24) is 4.57 Å². The predicted molar refractivity (Wildman–Crippen MR) is 114 cm³/mol. The number of halogens is 1. The highest BCUT2D eigenvalue weighted by Crippen LogP contribution is 2.14. The van der Waals surface area contributed by atoms with Gasteiger partial charge in [0, 0.05) is 0 Å². The van der Waals surface area contributed by atoms with Gasteiger partial charge in [0.2, 0.25) is 6.33 Å². The van der Waals surface area contributed by atoms with E-state index in [9.17, 15) is 0 Å². The van der Waals surface area contributed by atoms with Crippen LogP contribution in [0.5, 0.6) is 5.75 Å². The fourth-order valence-electron chi connectivity index (χ4n) is 3.57. The monoisotopic (exact) mass is 450 g/mol. The average Bonchev–Trinajstić information content (AvgIpc) is 3.18. The van der Waals surface area contributed by atoms with Crippen LogP contribution < -0.4 is 26.3 Å². The van der Waals surface area contributed by atoms with E-state index in [1.54, 1.807) is 7.11 Å². The first-order chi connectivity index (χ1) is 13.3. The molecule has 0 radical (unpaired) electrons. The van der Waals surface area contributed by atoms with E-state index in [1.807, 2.05) is 12.1 Å². The molecule has 4 heteroatoms. The van der Waals surface area contributed by atoms with Gasteiger partial charge in [-0.1, -0.05) is 71.1 Å². The van der Waals surface area contributed by atoms with Gasteiger partial charge in [0.25, 0.3) is 0 Å². The van der Waals surface area contributed by atoms with E-state index >= 15 is 0 Å². The smallest absolute Gasteiger partial charge is 0.248 e. The van der Waals surface area contributed by atoms with Gasteiger partial charge in [-0.25, -0.2) is 9.13 Å². The largest absolute Gasteiger partial charge is 1.00 e. The van der Waals surface area contributed by atoms with Gasteiger partial charge in [-0.15, -0.1) is 0 Å². The molecule has 0 aliphatic heterocycles. The second-order valence-corrected chi connectivity index (χ2v) is 7.65. The standard InChI is InChI=1S/C24H39N2O.BrH/c1-3-4-5-6-7-8-9-10-11-12-13-14-19-25-20-21-26(22-25)23-15-17-24(27-2)18-16-23;/h15-18,20-22H,3-14,19H2,1-2H3;1H/q+1;/p-1. The number of benzene rings is 1. The fraction of sp³-hybridized carbons (Fsp3) is 0.625. The third kappa shape index (κ3) is 9.77. The number of methoxy groups -OCH3 is 1. The van der Waals surface area contributed by atoms with Crippen molar-refractivity contribution in [3.63, 3.8) is 0 Å². The minimum atomic E-state index is 0. The topological polar surface area (TPSA) is 18.0 Å². The lowest BCUT2D eigenvalue weighted by Crippen LogP contribution is -3.00. The molecule has 1 aromatic heterocycles. The first-order valence-corrected chi connectivity index (χ1v) is 11.0. The average molecular weight is 451 g/mol. The van der Waals surface area contributed by atoms with Gasteiger partial charge in [0.05, 0.1) is 13.7 Å². The van der Waals surface area contributed by atoms with Crippen molar-refractivity contribution in [2.45, 2.75) is 90.5 Å². The summed E-state index contributed by atoms with van der Waals surface area (Å²) in [6.45, 7) is 3.40. The van der Waals surface area contributed by atoms with Crippen LogP contribution in [-0.2, 0) is 6.54 Å². The highest BCUT2D eigenvalue weighted by Gasteiger charge is 2.06. The number of nitrogens with zero attached hydrogens (tertiary/aromatic N) is 2. The molecule has 0 fully saturated rings. The molecule has 3 nitrogen and oxygen atoms in total. The molecule has 0 aliphatic rings. The molecule has 0 atom stereocenters. The SMILES string of the molecule is CCCCCCCCCCCCCC[n+]1ccn(-c2ccc(OC)cc2)c1.[Br-]. The van der Waals surface area contributed by atoms with Crippen LogP contribution >= 0.6 is 0 Å². The maximum atomic E-state index is 5.22. The molecule has 0 amide bonds. The van der Waals surface area contributed by atoms with Crippen LogP contribution in [0.25, 0.3) is 5.69 Å². The Hall–Kier alpha value is -1.29.